The Morgan fingerprint density at radius 2 is 2.35 bits per heavy atom. The van der Waals surface area contributed by atoms with Crippen molar-refractivity contribution in [2.45, 2.75) is 44.2 Å². The van der Waals surface area contributed by atoms with Crippen molar-refractivity contribution in [2.24, 2.45) is 0 Å². The van der Waals surface area contributed by atoms with E-state index in [9.17, 15) is 5.26 Å². The number of nitrogens with zero attached hydrogens (tertiary/aromatic N) is 3. The van der Waals surface area contributed by atoms with Crippen LogP contribution in [0.2, 0.25) is 0 Å². The van der Waals surface area contributed by atoms with Gasteiger partial charge in [-0.3, -0.25) is 5.32 Å². The van der Waals surface area contributed by atoms with E-state index in [2.05, 4.69) is 33.9 Å². The summed E-state index contributed by atoms with van der Waals surface area (Å²) in [6.07, 6.45) is 5.93. The molecule has 1 N–H and O–H groups in total. The monoisotopic (exact) mass is 268 g/mol. The summed E-state index contributed by atoms with van der Waals surface area (Å²) >= 11 is 0. The molecule has 0 radical (unpaired) electrons. The van der Waals surface area contributed by atoms with E-state index >= 15 is 0 Å². The molecule has 3 rings (SSSR count). The van der Waals surface area contributed by atoms with Crippen molar-refractivity contribution in [1.82, 2.24) is 14.9 Å². The molecule has 1 heterocycles. The second kappa shape index (κ2) is 5.26. The van der Waals surface area contributed by atoms with Crippen LogP contribution in [-0.2, 0) is 0 Å². The fourth-order valence-corrected chi connectivity index (χ4v) is 3.39. The number of rotatable bonds is 3. The predicted octanol–water partition coefficient (Wildman–Crippen LogP) is 3.02. The zero-order valence-electron chi connectivity index (χ0n) is 11.8. The molecule has 2 aromatic rings. The SMILES string of the molecule is CCNC1(C#N)CCCC(n2cnc3ccccc32)C1. The highest BCUT2D eigenvalue weighted by atomic mass is 15.1. The molecule has 0 bridgehead atoms. The van der Waals surface area contributed by atoms with E-state index in [1.165, 1.54) is 5.52 Å². The number of aromatic nitrogens is 2. The van der Waals surface area contributed by atoms with Crippen LogP contribution in [0.5, 0.6) is 0 Å². The number of benzene rings is 1. The normalized spacial score (nSPS) is 26.5. The summed E-state index contributed by atoms with van der Waals surface area (Å²) in [5.41, 5.74) is 1.83. The molecule has 1 aromatic carbocycles. The summed E-state index contributed by atoms with van der Waals surface area (Å²) in [4.78, 5) is 4.47. The van der Waals surface area contributed by atoms with Gasteiger partial charge in [-0.1, -0.05) is 19.1 Å². The van der Waals surface area contributed by atoms with Gasteiger partial charge in [0, 0.05) is 6.04 Å². The molecule has 1 aliphatic rings. The highest BCUT2D eigenvalue weighted by Crippen LogP contribution is 2.36. The van der Waals surface area contributed by atoms with Gasteiger partial charge in [-0.15, -0.1) is 0 Å². The van der Waals surface area contributed by atoms with Gasteiger partial charge < -0.3 is 4.57 Å². The lowest BCUT2D eigenvalue weighted by Crippen LogP contribution is -2.47. The molecule has 20 heavy (non-hydrogen) atoms. The molecule has 0 aliphatic heterocycles. The lowest BCUT2D eigenvalue weighted by atomic mass is 9.79. The van der Waals surface area contributed by atoms with E-state index in [-0.39, 0.29) is 5.54 Å². The maximum absolute atomic E-state index is 9.56. The van der Waals surface area contributed by atoms with E-state index in [0.29, 0.717) is 6.04 Å². The number of fused-ring (bicyclic) bond motifs is 1. The number of nitrogens with one attached hydrogen (secondary N) is 1. The first kappa shape index (κ1) is 13.1. The van der Waals surface area contributed by atoms with Crippen LogP contribution in [0.4, 0.5) is 0 Å². The van der Waals surface area contributed by atoms with Crippen molar-refractivity contribution in [3.63, 3.8) is 0 Å². The Bertz CT molecular complexity index is 635. The smallest absolute Gasteiger partial charge is 0.108 e. The lowest BCUT2D eigenvalue weighted by molar-refractivity contribution is 0.236. The van der Waals surface area contributed by atoms with Gasteiger partial charge in [0.2, 0.25) is 0 Å². The second-order valence-electron chi connectivity index (χ2n) is 5.61. The van der Waals surface area contributed by atoms with Crippen molar-refractivity contribution in [3.8, 4) is 6.07 Å². The van der Waals surface area contributed by atoms with E-state index in [1.807, 2.05) is 24.5 Å². The van der Waals surface area contributed by atoms with Gasteiger partial charge in [0.15, 0.2) is 0 Å². The summed E-state index contributed by atoms with van der Waals surface area (Å²) in [7, 11) is 0. The van der Waals surface area contributed by atoms with Crippen molar-refractivity contribution in [3.05, 3.63) is 30.6 Å². The zero-order chi connectivity index (χ0) is 14.0. The molecule has 1 fully saturated rings. The van der Waals surface area contributed by atoms with Crippen LogP contribution in [0.3, 0.4) is 0 Å². The van der Waals surface area contributed by atoms with E-state index in [0.717, 1.165) is 37.7 Å². The lowest BCUT2D eigenvalue weighted by Gasteiger charge is -2.37. The van der Waals surface area contributed by atoms with Crippen molar-refractivity contribution in [1.29, 1.82) is 5.26 Å². The van der Waals surface area contributed by atoms with E-state index < -0.39 is 0 Å². The molecule has 4 nitrogen and oxygen atoms in total. The molecule has 4 heteroatoms. The first-order valence-electron chi connectivity index (χ1n) is 7.36. The summed E-state index contributed by atoms with van der Waals surface area (Å²) in [6.45, 7) is 2.90. The van der Waals surface area contributed by atoms with Gasteiger partial charge in [0.1, 0.15) is 5.54 Å². The molecule has 2 atom stereocenters. The Morgan fingerprint density at radius 3 is 3.15 bits per heavy atom. The molecule has 1 aromatic heterocycles. The highest BCUT2D eigenvalue weighted by molar-refractivity contribution is 5.75. The van der Waals surface area contributed by atoms with Crippen LogP contribution < -0.4 is 5.32 Å². The fraction of sp³-hybridized carbons (Fsp3) is 0.500. The molecule has 0 spiro atoms. The summed E-state index contributed by atoms with van der Waals surface area (Å²) in [6, 6.07) is 11.1. The molecule has 1 saturated carbocycles. The quantitative estimate of drug-likeness (QED) is 0.931. The predicted molar refractivity (Wildman–Crippen MR) is 79.3 cm³/mol. The minimum Gasteiger partial charge on any atom is -0.327 e. The average molecular weight is 268 g/mol. The van der Waals surface area contributed by atoms with E-state index in [1.54, 1.807) is 0 Å². The second-order valence-corrected chi connectivity index (χ2v) is 5.61. The molecule has 1 aliphatic carbocycles. The number of imidazole rings is 1. The largest absolute Gasteiger partial charge is 0.327 e. The third-order valence-corrected chi connectivity index (χ3v) is 4.33. The Balaban J connectivity index is 1.92. The summed E-state index contributed by atoms with van der Waals surface area (Å²) in [5, 5.41) is 13.0. The fourth-order valence-electron chi connectivity index (χ4n) is 3.39. The minimum atomic E-state index is -0.372. The number of para-hydroxylation sites is 2. The molecule has 104 valence electrons. The van der Waals surface area contributed by atoms with E-state index in [4.69, 9.17) is 0 Å². The third kappa shape index (κ3) is 2.19. The molecule has 0 saturated heterocycles. The zero-order valence-corrected chi connectivity index (χ0v) is 11.8. The van der Waals surface area contributed by atoms with Crippen molar-refractivity contribution >= 4 is 11.0 Å². The number of nitriles is 1. The molecular weight excluding hydrogens is 248 g/mol. The van der Waals surface area contributed by atoms with Crippen LogP contribution in [0.1, 0.15) is 38.6 Å². The summed E-state index contributed by atoms with van der Waals surface area (Å²) < 4.78 is 2.25. The van der Waals surface area contributed by atoms with Gasteiger partial charge in [0.05, 0.1) is 23.4 Å². The Labute approximate surface area is 119 Å². The number of hydrogen-bond acceptors (Lipinski definition) is 3. The van der Waals surface area contributed by atoms with Gasteiger partial charge >= 0.3 is 0 Å². The highest BCUT2D eigenvalue weighted by Gasteiger charge is 2.36. The van der Waals surface area contributed by atoms with Gasteiger partial charge in [-0.05, 0) is 44.4 Å². The number of hydrogen-bond donors (Lipinski definition) is 1. The minimum absolute atomic E-state index is 0.356. The first-order chi connectivity index (χ1) is 9.78. The topological polar surface area (TPSA) is 53.6 Å². The third-order valence-electron chi connectivity index (χ3n) is 4.33. The van der Waals surface area contributed by atoms with Gasteiger partial charge in [-0.25, -0.2) is 4.98 Å². The molecule has 0 amide bonds. The Morgan fingerprint density at radius 1 is 1.50 bits per heavy atom. The Hall–Kier alpha value is -1.86. The van der Waals surface area contributed by atoms with Gasteiger partial charge in [-0.2, -0.15) is 5.26 Å². The molecular formula is C16H20N4. The van der Waals surface area contributed by atoms with Crippen LogP contribution in [0.15, 0.2) is 30.6 Å². The standard InChI is InChI=1S/C16H20N4/c1-2-19-16(11-17)9-5-6-13(10-16)20-12-18-14-7-3-4-8-15(14)20/h3-4,7-8,12-13,19H,2,5-6,9-10H2,1H3. The van der Waals surface area contributed by atoms with Crippen molar-refractivity contribution < 1.29 is 0 Å². The van der Waals surface area contributed by atoms with Crippen molar-refractivity contribution in [2.75, 3.05) is 6.54 Å². The maximum atomic E-state index is 9.56. The van der Waals surface area contributed by atoms with Crippen LogP contribution >= 0.6 is 0 Å². The van der Waals surface area contributed by atoms with Crippen LogP contribution in [0, 0.1) is 11.3 Å². The average Bonchev–Trinajstić information content (AvgIpc) is 2.92. The molecule has 2 unspecified atom stereocenters. The summed E-state index contributed by atoms with van der Waals surface area (Å²) in [5.74, 6) is 0. The Kier molecular flexibility index (Phi) is 3.45. The van der Waals surface area contributed by atoms with Gasteiger partial charge in [0.25, 0.3) is 0 Å². The maximum Gasteiger partial charge on any atom is 0.108 e. The first-order valence-corrected chi connectivity index (χ1v) is 7.36. The van der Waals surface area contributed by atoms with Crippen LogP contribution in [0.25, 0.3) is 11.0 Å². The van der Waals surface area contributed by atoms with Crippen LogP contribution in [-0.4, -0.2) is 21.6 Å².